The number of methoxy groups -OCH3 is 1. The summed E-state index contributed by atoms with van der Waals surface area (Å²) in [6, 6.07) is 13.3. The van der Waals surface area contributed by atoms with E-state index in [0.29, 0.717) is 24.5 Å². The molecule has 5 atom stereocenters. The lowest BCUT2D eigenvalue weighted by Crippen LogP contribution is -2.38. The van der Waals surface area contributed by atoms with Crippen molar-refractivity contribution in [3.63, 3.8) is 0 Å². The van der Waals surface area contributed by atoms with Gasteiger partial charge in [0.25, 0.3) is 0 Å². The van der Waals surface area contributed by atoms with E-state index in [0.717, 1.165) is 55.2 Å². The van der Waals surface area contributed by atoms with Crippen molar-refractivity contribution < 1.29 is 24.5 Å². The van der Waals surface area contributed by atoms with E-state index in [1.807, 2.05) is 30.3 Å². The molecule has 0 aromatic heterocycles. The lowest BCUT2D eigenvalue weighted by Gasteiger charge is -2.26. The third kappa shape index (κ3) is 6.25. The molecule has 196 valence electrons. The number of hydrogen-bond acceptors (Lipinski definition) is 5. The Bertz CT molecular complexity index is 1160. The summed E-state index contributed by atoms with van der Waals surface area (Å²) in [6.07, 6.45) is 5.47. The highest BCUT2D eigenvalue weighted by atomic mass is 16.5. The molecule has 0 aliphatic heterocycles. The molecular weight excluding hydrogens is 464 g/mol. The maximum Gasteiger partial charge on any atom is 0.173 e. The van der Waals surface area contributed by atoms with E-state index in [2.05, 4.69) is 18.8 Å². The van der Waals surface area contributed by atoms with Crippen LogP contribution in [-0.2, 0) is 16.0 Å². The van der Waals surface area contributed by atoms with E-state index in [9.17, 15) is 19.8 Å². The first-order valence-corrected chi connectivity index (χ1v) is 13.6. The zero-order valence-corrected chi connectivity index (χ0v) is 21.9. The molecule has 0 saturated heterocycles. The van der Waals surface area contributed by atoms with Crippen molar-refractivity contribution in [2.75, 3.05) is 7.11 Å². The fraction of sp³-hybridized carbons (Fsp3) is 0.500. The van der Waals surface area contributed by atoms with Gasteiger partial charge in [0.05, 0.1) is 13.0 Å². The van der Waals surface area contributed by atoms with Crippen LogP contribution in [-0.4, -0.2) is 35.0 Å². The molecule has 4 rings (SSSR count). The van der Waals surface area contributed by atoms with Gasteiger partial charge in [0, 0.05) is 18.3 Å². The predicted molar refractivity (Wildman–Crippen MR) is 144 cm³/mol. The topological polar surface area (TPSA) is 83.8 Å². The van der Waals surface area contributed by atoms with Gasteiger partial charge in [0.1, 0.15) is 0 Å². The minimum Gasteiger partial charge on any atom is -0.504 e. The summed E-state index contributed by atoms with van der Waals surface area (Å²) >= 11 is 0. The Hall–Kier alpha value is -3.10. The first kappa shape index (κ1) is 26.9. The number of aromatic hydroxyl groups is 1. The molecule has 2 aliphatic rings. The highest BCUT2D eigenvalue weighted by Gasteiger charge is 2.38. The number of carbonyl (C=O) groups is 2. The summed E-state index contributed by atoms with van der Waals surface area (Å²) < 4.78 is 5.34. The molecule has 2 N–H and O–H groups in total. The lowest BCUT2D eigenvalue weighted by atomic mass is 9.78. The normalized spacial score (nSPS) is 26.4. The predicted octanol–water partition coefficient (Wildman–Crippen LogP) is 5.59. The van der Waals surface area contributed by atoms with E-state index < -0.39 is 17.8 Å². The van der Waals surface area contributed by atoms with Gasteiger partial charge in [-0.3, -0.25) is 9.59 Å². The molecule has 0 amide bonds. The lowest BCUT2D eigenvalue weighted by molar-refractivity contribution is -0.142. The number of fused-ring (bicyclic) bond motifs is 2. The number of aliphatic hydroxyl groups is 1. The number of hydrogen-bond donors (Lipinski definition) is 2. The van der Waals surface area contributed by atoms with Crippen LogP contribution in [0.4, 0.5) is 0 Å². The van der Waals surface area contributed by atoms with Gasteiger partial charge in [-0.15, -0.1) is 0 Å². The first-order chi connectivity index (χ1) is 17.9. The number of Topliss-reactive ketones (excluding diaryl/α,β-unsaturated/α-hetero) is 2. The number of aliphatic hydroxyl groups excluding tert-OH is 1. The number of aryl methyl sites for hydroxylation is 1. The van der Waals surface area contributed by atoms with Gasteiger partial charge in [0.15, 0.2) is 29.2 Å². The molecule has 0 bridgehead atoms. The van der Waals surface area contributed by atoms with Crippen LogP contribution in [0.3, 0.4) is 0 Å². The standard InChI is InChI=1S/C32H38O5/c1-3-4-9-21-10-8-13-23-14-16-25(22-11-6-5-7-12-22)26-20-29(34)30(37-2)19-24(26)15-17-28(33)32(36)31(35)27(23)18-21/h5-7,11-12,19-21,23,25,27,32,34,36H,3-4,8-10,13,15,17-18H2,1-2H3/t21-,23-,25+,27-,32+/m1/s1. The van der Waals surface area contributed by atoms with Crippen molar-refractivity contribution in [3.8, 4) is 23.3 Å². The summed E-state index contributed by atoms with van der Waals surface area (Å²) in [5.41, 5.74) is 2.61. The summed E-state index contributed by atoms with van der Waals surface area (Å²) in [6.45, 7) is 2.17. The monoisotopic (exact) mass is 502 g/mol. The quantitative estimate of drug-likeness (QED) is 0.411. The molecule has 2 aromatic carbocycles. The van der Waals surface area contributed by atoms with Crippen molar-refractivity contribution >= 4 is 11.6 Å². The molecule has 5 heteroatoms. The highest BCUT2D eigenvalue weighted by Crippen LogP contribution is 2.39. The Balaban J connectivity index is 1.84. The van der Waals surface area contributed by atoms with Gasteiger partial charge >= 0.3 is 0 Å². The Morgan fingerprint density at radius 2 is 1.84 bits per heavy atom. The average molecular weight is 503 g/mol. The molecule has 1 saturated carbocycles. The molecule has 2 aliphatic carbocycles. The Labute approximate surface area is 220 Å². The van der Waals surface area contributed by atoms with E-state index in [1.54, 1.807) is 12.1 Å². The molecule has 37 heavy (non-hydrogen) atoms. The number of benzene rings is 2. The molecule has 2 aromatic rings. The van der Waals surface area contributed by atoms with E-state index in [-0.39, 0.29) is 29.8 Å². The highest BCUT2D eigenvalue weighted by molar-refractivity contribution is 6.06. The summed E-state index contributed by atoms with van der Waals surface area (Å²) in [4.78, 5) is 26.6. The number of phenols is 1. The van der Waals surface area contributed by atoms with Crippen LogP contribution in [0, 0.1) is 29.6 Å². The molecule has 0 heterocycles. The van der Waals surface area contributed by atoms with Crippen LogP contribution in [0.15, 0.2) is 42.5 Å². The number of ether oxygens (including phenoxy) is 1. The number of ketones is 2. The Morgan fingerprint density at radius 1 is 1.05 bits per heavy atom. The SMILES string of the molecule is CCCC[C@@H]1CCC[C@@H]2C#C[C@@H](c3ccccc3)c3cc(O)c(OC)cc3CCC(=O)[C@H](O)C(=O)[C@@H]2C1. The average Bonchev–Trinajstić information content (AvgIpc) is 3.12. The van der Waals surface area contributed by atoms with Crippen LogP contribution in [0.5, 0.6) is 11.5 Å². The third-order valence-corrected chi connectivity index (χ3v) is 8.04. The molecule has 0 unspecified atom stereocenters. The van der Waals surface area contributed by atoms with Gasteiger partial charge in [0.2, 0.25) is 0 Å². The van der Waals surface area contributed by atoms with Crippen molar-refractivity contribution in [1.29, 1.82) is 0 Å². The van der Waals surface area contributed by atoms with Gasteiger partial charge in [-0.2, -0.15) is 0 Å². The van der Waals surface area contributed by atoms with Crippen LogP contribution in [0.1, 0.15) is 80.9 Å². The van der Waals surface area contributed by atoms with Crippen molar-refractivity contribution in [2.24, 2.45) is 17.8 Å². The van der Waals surface area contributed by atoms with Crippen molar-refractivity contribution in [3.05, 3.63) is 59.2 Å². The number of unbranched alkanes of at least 4 members (excludes halogenated alkanes) is 1. The van der Waals surface area contributed by atoms with Crippen molar-refractivity contribution in [2.45, 2.75) is 76.7 Å². The fourth-order valence-corrected chi connectivity index (χ4v) is 5.92. The van der Waals surface area contributed by atoms with E-state index in [4.69, 9.17) is 4.74 Å². The minimum absolute atomic E-state index is 0.0173. The molecule has 0 radical (unpaired) electrons. The van der Waals surface area contributed by atoms with Gasteiger partial charge in [-0.25, -0.2) is 0 Å². The maximum absolute atomic E-state index is 13.5. The van der Waals surface area contributed by atoms with Crippen LogP contribution < -0.4 is 4.74 Å². The molecule has 0 spiro atoms. The van der Waals surface area contributed by atoms with E-state index >= 15 is 0 Å². The second kappa shape index (κ2) is 12.4. The van der Waals surface area contributed by atoms with Gasteiger partial charge in [-0.1, -0.05) is 81.2 Å². The second-order valence-electron chi connectivity index (χ2n) is 10.5. The largest absolute Gasteiger partial charge is 0.504 e. The van der Waals surface area contributed by atoms with Crippen LogP contribution in [0.2, 0.25) is 0 Å². The second-order valence-corrected chi connectivity index (χ2v) is 10.5. The summed E-state index contributed by atoms with van der Waals surface area (Å²) in [5, 5.41) is 21.5. The van der Waals surface area contributed by atoms with Crippen molar-refractivity contribution in [1.82, 2.24) is 0 Å². The fourth-order valence-electron chi connectivity index (χ4n) is 5.92. The summed E-state index contributed by atoms with van der Waals surface area (Å²) in [7, 11) is 1.48. The number of rotatable bonds is 5. The zero-order valence-electron chi connectivity index (χ0n) is 21.9. The van der Waals surface area contributed by atoms with Gasteiger partial charge < -0.3 is 14.9 Å². The van der Waals surface area contributed by atoms with Gasteiger partial charge in [-0.05, 0) is 54.0 Å². The van der Waals surface area contributed by atoms with Crippen LogP contribution in [0.25, 0.3) is 0 Å². The Kier molecular flexibility index (Phi) is 9.05. The van der Waals surface area contributed by atoms with Crippen LogP contribution >= 0.6 is 0 Å². The number of phenolic OH excluding ortho intramolecular Hbond substituents is 1. The molecule has 1 fully saturated rings. The maximum atomic E-state index is 13.5. The molecule has 5 nitrogen and oxygen atoms in total. The summed E-state index contributed by atoms with van der Waals surface area (Å²) in [5.74, 6) is 5.86. The Morgan fingerprint density at radius 3 is 2.57 bits per heavy atom. The zero-order chi connectivity index (χ0) is 26.4. The first-order valence-electron chi connectivity index (χ1n) is 13.6. The smallest absolute Gasteiger partial charge is 0.173 e. The number of carbonyl (C=O) groups excluding carboxylic acids is 2. The third-order valence-electron chi connectivity index (χ3n) is 8.04. The van der Waals surface area contributed by atoms with E-state index in [1.165, 1.54) is 7.11 Å². The molecular formula is C32H38O5. The minimum atomic E-state index is -1.62.